The predicted octanol–water partition coefficient (Wildman–Crippen LogP) is 0.813. The van der Waals surface area contributed by atoms with Crippen molar-refractivity contribution in [3.63, 3.8) is 0 Å². The van der Waals surface area contributed by atoms with Gasteiger partial charge in [-0.3, -0.25) is 4.79 Å². The number of sulfone groups is 1. The summed E-state index contributed by atoms with van der Waals surface area (Å²) in [4.78, 5) is 11.5. The van der Waals surface area contributed by atoms with Crippen LogP contribution in [0.4, 0.5) is 0 Å². The van der Waals surface area contributed by atoms with Crippen LogP contribution >= 0.6 is 0 Å². The maximum absolute atomic E-state index is 11.7. The molecule has 1 N–H and O–H groups in total. The number of aromatic nitrogens is 1. The number of carbonyl (C=O) groups excluding carboxylic acids is 1. The highest BCUT2D eigenvalue weighted by atomic mass is 32.2. The lowest BCUT2D eigenvalue weighted by molar-refractivity contribution is -0.119. The monoisotopic (exact) mass is 274 g/mol. The highest BCUT2D eigenvalue weighted by molar-refractivity contribution is 7.91. The second-order valence-corrected chi connectivity index (χ2v) is 6.41. The van der Waals surface area contributed by atoms with E-state index in [-0.39, 0.29) is 17.6 Å². The summed E-state index contributed by atoms with van der Waals surface area (Å²) in [5.74, 6) is -1.07. The average Bonchev–Trinajstić information content (AvgIpc) is 2.61. The van der Waals surface area contributed by atoms with Crippen LogP contribution in [-0.4, -0.2) is 31.3 Å². The van der Waals surface area contributed by atoms with Gasteiger partial charge in [-0.1, -0.05) is 12.1 Å². The van der Waals surface area contributed by atoms with E-state index >= 15 is 0 Å². The summed E-state index contributed by atoms with van der Waals surface area (Å²) < 4.78 is 28.3. The first-order chi connectivity index (χ1) is 8.32. The first-order valence-electron chi connectivity index (χ1n) is 5.74. The minimum Gasteiger partial charge on any atom is -0.360 e. The molecule has 1 heterocycles. The molecule has 0 aromatic carbocycles. The zero-order valence-electron chi connectivity index (χ0n) is 10.8. The molecule has 1 rings (SSSR count). The SMILES string of the molecule is CC[C@H](C)NC(=O)CS(=O)(=O)Cc1cc(C)no1. The molecule has 0 saturated heterocycles. The maximum Gasteiger partial charge on any atom is 0.235 e. The molecule has 0 aliphatic carbocycles. The maximum atomic E-state index is 11.7. The lowest BCUT2D eigenvalue weighted by Gasteiger charge is -2.10. The highest BCUT2D eigenvalue weighted by Crippen LogP contribution is 2.08. The predicted molar refractivity (Wildman–Crippen MR) is 66.6 cm³/mol. The van der Waals surface area contributed by atoms with E-state index in [0.717, 1.165) is 6.42 Å². The number of hydrogen-bond acceptors (Lipinski definition) is 5. The smallest absolute Gasteiger partial charge is 0.235 e. The number of nitrogens with zero attached hydrogens (tertiary/aromatic N) is 1. The molecular weight excluding hydrogens is 256 g/mol. The normalized spacial score (nSPS) is 13.3. The standard InChI is InChI=1S/C11H18N2O4S/c1-4-8(2)12-11(14)7-18(15,16)6-10-5-9(3)13-17-10/h5,8H,4,6-7H2,1-3H3,(H,12,14)/t8-/m0/s1. The fourth-order valence-electron chi connectivity index (χ4n) is 1.37. The average molecular weight is 274 g/mol. The van der Waals surface area contributed by atoms with Gasteiger partial charge in [-0.15, -0.1) is 0 Å². The molecule has 1 amide bonds. The van der Waals surface area contributed by atoms with Crippen LogP contribution in [0.1, 0.15) is 31.7 Å². The summed E-state index contributed by atoms with van der Waals surface area (Å²) in [6.07, 6.45) is 0.757. The van der Waals surface area contributed by atoms with Gasteiger partial charge in [0.2, 0.25) is 5.91 Å². The molecule has 0 fully saturated rings. The third kappa shape index (κ3) is 4.87. The van der Waals surface area contributed by atoms with E-state index in [9.17, 15) is 13.2 Å². The first-order valence-corrected chi connectivity index (χ1v) is 7.56. The van der Waals surface area contributed by atoms with E-state index in [1.807, 2.05) is 13.8 Å². The number of rotatable bonds is 6. The Hall–Kier alpha value is -1.37. The summed E-state index contributed by atoms with van der Waals surface area (Å²) in [7, 11) is -3.52. The van der Waals surface area contributed by atoms with E-state index in [1.54, 1.807) is 13.0 Å². The van der Waals surface area contributed by atoms with Crippen molar-refractivity contribution in [2.24, 2.45) is 0 Å². The van der Waals surface area contributed by atoms with E-state index in [4.69, 9.17) is 4.52 Å². The van der Waals surface area contributed by atoms with Crippen molar-refractivity contribution >= 4 is 15.7 Å². The van der Waals surface area contributed by atoms with Crippen LogP contribution in [0.3, 0.4) is 0 Å². The Bertz CT molecular complexity index is 507. The molecule has 1 aromatic rings. The van der Waals surface area contributed by atoms with Gasteiger partial charge < -0.3 is 9.84 Å². The Morgan fingerprint density at radius 2 is 2.22 bits per heavy atom. The van der Waals surface area contributed by atoms with E-state index in [0.29, 0.717) is 5.69 Å². The van der Waals surface area contributed by atoms with Crippen LogP contribution in [0, 0.1) is 6.92 Å². The Balaban J connectivity index is 2.57. The molecule has 7 heteroatoms. The third-order valence-electron chi connectivity index (χ3n) is 2.41. The molecule has 0 unspecified atom stereocenters. The summed E-state index contributed by atoms with van der Waals surface area (Å²) in [5, 5.41) is 6.21. The summed E-state index contributed by atoms with van der Waals surface area (Å²) in [6, 6.07) is 1.52. The zero-order chi connectivity index (χ0) is 13.8. The number of carbonyl (C=O) groups is 1. The molecular formula is C11H18N2O4S. The largest absolute Gasteiger partial charge is 0.360 e. The van der Waals surface area contributed by atoms with Crippen LogP contribution in [0.2, 0.25) is 0 Å². The van der Waals surface area contributed by atoms with Crippen LogP contribution in [0.5, 0.6) is 0 Å². The molecule has 1 aromatic heterocycles. The van der Waals surface area contributed by atoms with Crippen molar-refractivity contribution in [3.8, 4) is 0 Å². The van der Waals surface area contributed by atoms with Crippen molar-refractivity contribution < 1.29 is 17.7 Å². The molecule has 0 saturated carbocycles. The minimum absolute atomic E-state index is 0.0276. The van der Waals surface area contributed by atoms with Gasteiger partial charge >= 0.3 is 0 Å². The molecule has 0 spiro atoms. The fourth-order valence-corrected chi connectivity index (χ4v) is 2.52. The molecule has 6 nitrogen and oxygen atoms in total. The number of nitrogens with one attached hydrogen (secondary N) is 1. The molecule has 1 atom stereocenters. The Kier molecular flexibility index (Phi) is 4.89. The second-order valence-electron chi connectivity index (χ2n) is 4.34. The van der Waals surface area contributed by atoms with Gasteiger partial charge in [0, 0.05) is 12.1 Å². The Morgan fingerprint density at radius 3 is 2.72 bits per heavy atom. The van der Waals surface area contributed by atoms with Crippen molar-refractivity contribution in [2.45, 2.75) is 39.0 Å². The van der Waals surface area contributed by atoms with Gasteiger partial charge in [-0.25, -0.2) is 8.42 Å². The van der Waals surface area contributed by atoms with Gasteiger partial charge in [0.05, 0.1) is 5.69 Å². The second kappa shape index (κ2) is 5.99. The van der Waals surface area contributed by atoms with Crippen LogP contribution in [-0.2, 0) is 20.4 Å². The van der Waals surface area contributed by atoms with Gasteiger partial charge in [0.25, 0.3) is 0 Å². The van der Waals surface area contributed by atoms with Crippen molar-refractivity contribution in [1.29, 1.82) is 0 Å². The van der Waals surface area contributed by atoms with Gasteiger partial charge in [-0.2, -0.15) is 0 Å². The molecule has 0 aliphatic rings. The fraction of sp³-hybridized carbons (Fsp3) is 0.636. The quantitative estimate of drug-likeness (QED) is 0.829. The van der Waals surface area contributed by atoms with Gasteiger partial charge in [-0.05, 0) is 20.3 Å². The molecule has 0 radical (unpaired) electrons. The van der Waals surface area contributed by atoms with Crippen LogP contribution in [0.25, 0.3) is 0 Å². The van der Waals surface area contributed by atoms with E-state index < -0.39 is 21.5 Å². The first kappa shape index (κ1) is 14.7. The van der Waals surface area contributed by atoms with E-state index in [2.05, 4.69) is 10.5 Å². The van der Waals surface area contributed by atoms with Crippen molar-refractivity contribution in [1.82, 2.24) is 10.5 Å². The highest BCUT2D eigenvalue weighted by Gasteiger charge is 2.20. The van der Waals surface area contributed by atoms with Crippen LogP contribution < -0.4 is 5.32 Å². The number of aryl methyl sites for hydroxylation is 1. The number of amides is 1. The Labute approximate surface area is 107 Å². The topological polar surface area (TPSA) is 89.3 Å². The van der Waals surface area contributed by atoms with Gasteiger partial charge in [0.15, 0.2) is 15.6 Å². The van der Waals surface area contributed by atoms with Crippen LogP contribution in [0.15, 0.2) is 10.6 Å². The lowest BCUT2D eigenvalue weighted by atomic mass is 10.3. The lowest BCUT2D eigenvalue weighted by Crippen LogP contribution is -2.36. The summed E-state index contributed by atoms with van der Waals surface area (Å²) >= 11 is 0. The third-order valence-corrected chi connectivity index (χ3v) is 3.84. The van der Waals surface area contributed by atoms with E-state index in [1.165, 1.54) is 0 Å². The molecule has 0 aliphatic heterocycles. The van der Waals surface area contributed by atoms with Crippen molar-refractivity contribution in [3.05, 3.63) is 17.5 Å². The summed E-state index contributed by atoms with van der Waals surface area (Å²) in [6.45, 7) is 5.44. The van der Waals surface area contributed by atoms with Crippen molar-refractivity contribution in [2.75, 3.05) is 5.75 Å². The Morgan fingerprint density at radius 1 is 1.56 bits per heavy atom. The zero-order valence-corrected chi connectivity index (χ0v) is 11.6. The molecule has 102 valence electrons. The molecule has 0 bridgehead atoms. The minimum atomic E-state index is -3.52. The number of hydrogen-bond donors (Lipinski definition) is 1. The van der Waals surface area contributed by atoms with Gasteiger partial charge in [0.1, 0.15) is 11.5 Å². The molecule has 18 heavy (non-hydrogen) atoms. The summed E-state index contributed by atoms with van der Waals surface area (Å²) in [5.41, 5.74) is 0.615.